The molecule has 3 aromatic carbocycles. The molecule has 0 bridgehead atoms. The Labute approximate surface area is 218 Å². The first-order chi connectivity index (χ1) is 17.9. The molecule has 3 aromatic rings. The van der Waals surface area contributed by atoms with Crippen LogP contribution < -0.4 is 19.1 Å². The summed E-state index contributed by atoms with van der Waals surface area (Å²) in [5.74, 6) is 0.402. The van der Waals surface area contributed by atoms with E-state index in [1.165, 1.54) is 44.8 Å². The smallest absolute Gasteiger partial charge is 0.264 e. The summed E-state index contributed by atoms with van der Waals surface area (Å²) in [6, 6.07) is 20.9. The number of rotatable bonds is 11. The fraction of sp³-hybridized carbons (Fsp3) is 0.321. The molecule has 1 aliphatic heterocycles. The number of sulfonamides is 1. The van der Waals surface area contributed by atoms with Crippen LogP contribution in [0.4, 0.5) is 5.69 Å². The van der Waals surface area contributed by atoms with Crippen molar-refractivity contribution in [2.75, 3.05) is 38.2 Å². The Balaban J connectivity index is 1.49. The third-order valence-electron chi connectivity index (χ3n) is 6.39. The number of amides is 1. The van der Waals surface area contributed by atoms with E-state index in [1.54, 1.807) is 36.4 Å². The van der Waals surface area contributed by atoms with E-state index in [0.717, 1.165) is 29.5 Å². The van der Waals surface area contributed by atoms with Crippen LogP contribution in [0, 0.1) is 0 Å². The number of ether oxygens (including phenoxy) is 2. The van der Waals surface area contributed by atoms with E-state index in [0.29, 0.717) is 23.7 Å². The Morgan fingerprint density at radius 3 is 2.19 bits per heavy atom. The van der Waals surface area contributed by atoms with Gasteiger partial charge in [-0.25, -0.2) is 8.42 Å². The first-order valence-corrected chi connectivity index (χ1v) is 13.7. The molecule has 0 atom stereocenters. The molecule has 9 heteroatoms. The maximum absolute atomic E-state index is 13.5. The van der Waals surface area contributed by atoms with Gasteiger partial charge in [-0.15, -0.1) is 0 Å². The van der Waals surface area contributed by atoms with Crippen LogP contribution in [0.15, 0.2) is 77.7 Å². The number of hydrogen-bond acceptors (Lipinski definition) is 6. The van der Waals surface area contributed by atoms with Gasteiger partial charge in [-0.3, -0.25) is 14.0 Å². The lowest BCUT2D eigenvalue weighted by Crippen LogP contribution is -2.40. The summed E-state index contributed by atoms with van der Waals surface area (Å²) in [7, 11) is -1.05. The fourth-order valence-electron chi connectivity index (χ4n) is 4.36. The quantitative estimate of drug-likeness (QED) is 0.411. The first-order valence-electron chi connectivity index (χ1n) is 12.3. The van der Waals surface area contributed by atoms with Gasteiger partial charge in [-0.05, 0) is 61.3 Å². The van der Waals surface area contributed by atoms with E-state index >= 15 is 0 Å². The molecule has 0 aromatic heterocycles. The summed E-state index contributed by atoms with van der Waals surface area (Å²) >= 11 is 0. The molecule has 0 aliphatic carbocycles. The molecule has 0 radical (unpaired) electrons. The lowest BCUT2D eigenvalue weighted by atomic mass is 10.1. The predicted octanol–water partition coefficient (Wildman–Crippen LogP) is 3.81. The molecule has 1 N–H and O–H groups in total. The molecule has 1 aliphatic rings. The Kier molecular flexibility index (Phi) is 8.68. The molecule has 1 fully saturated rings. The molecular weight excluding hydrogens is 490 g/mol. The highest BCUT2D eigenvalue weighted by Crippen LogP contribution is 2.33. The molecule has 0 spiro atoms. The average Bonchev–Trinajstić information content (AvgIpc) is 3.44. The van der Waals surface area contributed by atoms with Gasteiger partial charge >= 0.3 is 0 Å². The molecule has 37 heavy (non-hydrogen) atoms. The summed E-state index contributed by atoms with van der Waals surface area (Å²) in [4.78, 5) is 15.5. The van der Waals surface area contributed by atoms with Crippen molar-refractivity contribution in [3.05, 3.63) is 83.9 Å². The van der Waals surface area contributed by atoms with Crippen molar-refractivity contribution >= 4 is 21.6 Å². The Morgan fingerprint density at radius 1 is 0.892 bits per heavy atom. The van der Waals surface area contributed by atoms with Gasteiger partial charge in [0.05, 0.1) is 24.8 Å². The van der Waals surface area contributed by atoms with Gasteiger partial charge in [0.15, 0.2) is 11.5 Å². The lowest BCUT2D eigenvalue weighted by Gasteiger charge is -2.25. The minimum absolute atomic E-state index is 0.0891. The SMILES string of the molecule is COc1ccc(N(CC(=O)NCc2ccc(CN3CCCC3)cc2)S(=O)(=O)c2ccccc2)cc1OC. The molecule has 4 rings (SSSR count). The van der Waals surface area contributed by atoms with Gasteiger partial charge in [0.25, 0.3) is 10.0 Å². The van der Waals surface area contributed by atoms with Crippen molar-refractivity contribution in [1.82, 2.24) is 10.2 Å². The Hall–Kier alpha value is -3.56. The van der Waals surface area contributed by atoms with Crippen molar-refractivity contribution in [2.45, 2.75) is 30.8 Å². The number of benzene rings is 3. The summed E-state index contributed by atoms with van der Waals surface area (Å²) in [5.41, 5.74) is 2.48. The largest absolute Gasteiger partial charge is 0.493 e. The summed E-state index contributed by atoms with van der Waals surface area (Å²) < 4.78 is 38.8. The van der Waals surface area contributed by atoms with Crippen LogP contribution in [0.3, 0.4) is 0 Å². The summed E-state index contributed by atoms with van der Waals surface area (Å²) in [6.45, 7) is 3.12. The minimum atomic E-state index is -4.02. The van der Waals surface area contributed by atoms with Crippen molar-refractivity contribution in [3.63, 3.8) is 0 Å². The van der Waals surface area contributed by atoms with Crippen molar-refractivity contribution in [2.24, 2.45) is 0 Å². The van der Waals surface area contributed by atoms with Gasteiger partial charge < -0.3 is 14.8 Å². The van der Waals surface area contributed by atoms with E-state index in [4.69, 9.17) is 9.47 Å². The molecule has 196 valence electrons. The molecule has 0 unspecified atom stereocenters. The minimum Gasteiger partial charge on any atom is -0.493 e. The zero-order valence-corrected chi connectivity index (χ0v) is 22.0. The van der Waals surface area contributed by atoms with Crippen LogP contribution in [0.5, 0.6) is 11.5 Å². The molecule has 1 saturated heterocycles. The zero-order chi connectivity index (χ0) is 26.3. The highest BCUT2D eigenvalue weighted by atomic mass is 32.2. The predicted molar refractivity (Wildman–Crippen MR) is 143 cm³/mol. The first kappa shape index (κ1) is 26.5. The monoisotopic (exact) mass is 523 g/mol. The second-order valence-electron chi connectivity index (χ2n) is 8.94. The van der Waals surface area contributed by atoms with Gasteiger partial charge in [-0.2, -0.15) is 0 Å². The van der Waals surface area contributed by atoms with Crippen molar-refractivity contribution in [1.29, 1.82) is 0 Å². The molecule has 8 nitrogen and oxygen atoms in total. The topological polar surface area (TPSA) is 88.2 Å². The van der Waals surface area contributed by atoms with Gasteiger partial charge in [0, 0.05) is 19.2 Å². The summed E-state index contributed by atoms with van der Waals surface area (Å²) in [6.07, 6.45) is 2.51. The van der Waals surface area contributed by atoms with E-state index in [-0.39, 0.29) is 11.4 Å². The van der Waals surface area contributed by atoms with Crippen LogP contribution in [0.25, 0.3) is 0 Å². The van der Waals surface area contributed by atoms with Crippen LogP contribution in [0.2, 0.25) is 0 Å². The molecule has 0 saturated carbocycles. The standard InChI is InChI=1S/C28H33N3O5S/c1-35-26-15-14-24(18-27(26)36-2)31(37(33,34)25-8-4-3-5-9-25)21-28(32)29-19-22-10-12-23(13-11-22)20-30-16-6-7-17-30/h3-5,8-15,18H,6-7,16-17,19-21H2,1-2H3,(H,29,32). The number of hydrogen-bond donors (Lipinski definition) is 1. The van der Waals surface area contributed by atoms with E-state index in [9.17, 15) is 13.2 Å². The Bertz CT molecular complexity index is 1290. The zero-order valence-electron chi connectivity index (χ0n) is 21.2. The average molecular weight is 524 g/mol. The number of carbonyl (C=O) groups is 1. The van der Waals surface area contributed by atoms with Gasteiger partial charge in [0.2, 0.25) is 5.91 Å². The lowest BCUT2D eigenvalue weighted by molar-refractivity contribution is -0.119. The highest BCUT2D eigenvalue weighted by molar-refractivity contribution is 7.92. The number of likely N-dealkylation sites (tertiary alicyclic amines) is 1. The van der Waals surface area contributed by atoms with Crippen LogP contribution >= 0.6 is 0 Å². The number of carbonyl (C=O) groups excluding carboxylic acids is 1. The van der Waals surface area contributed by atoms with E-state index in [1.807, 2.05) is 12.1 Å². The number of nitrogens with one attached hydrogen (secondary N) is 1. The fourth-order valence-corrected chi connectivity index (χ4v) is 5.80. The molecule has 1 amide bonds. The number of anilines is 1. The normalized spacial score (nSPS) is 13.8. The third kappa shape index (κ3) is 6.61. The van der Waals surface area contributed by atoms with Crippen molar-refractivity contribution in [3.8, 4) is 11.5 Å². The molecular formula is C28H33N3O5S. The van der Waals surface area contributed by atoms with E-state index in [2.05, 4.69) is 22.3 Å². The van der Waals surface area contributed by atoms with E-state index < -0.39 is 15.9 Å². The Morgan fingerprint density at radius 2 is 1.54 bits per heavy atom. The van der Waals surface area contributed by atoms with Crippen LogP contribution in [0.1, 0.15) is 24.0 Å². The number of nitrogens with zero attached hydrogens (tertiary/aromatic N) is 2. The van der Waals surface area contributed by atoms with Gasteiger partial charge in [0.1, 0.15) is 6.54 Å². The second-order valence-corrected chi connectivity index (χ2v) is 10.8. The molecule has 1 heterocycles. The van der Waals surface area contributed by atoms with Crippen molar-refractivity contribution < 1.29 is 22.7 Å². The second kappa shape index (κ2) is 12.1. The maximum atomic E-state index is 13.5. The van der Waals surface area contributed by atoms with Gasteiger partial charge in [-0.1, -0.05) is 42.5 Å². The summed E-state index contributed by atoms with van der Waals surface area (Å²) in [5, 5.41) is 2.86. The maximum Gasteiger partial charge on any atom is 0.264 e. The third-order valence-corrected chi connectivity index (χ3v) is 8.18. The number of methoxy groups -OCH3 is 2. The highest BCUT2D eigenvalue weighted by Gasteiger charge is 2.28. The van der Waals surface area contributed by atoms with Crippen LogP contribution in [-0.4, -0.2) is 53.1 Å². The van der Waals surface area contributed by atoms with Crippen LogP contribution in [-0.2, 0) is 27.9 Å².